The highest BCUT2D eigenvalue weighted by atomic mass is 19.4. The van der Waals surface area contributed by atoms with Gasteiger partial charge in [-0.05, 0) is 42.7 Å². The van der Waals surface area contributed by atoms with Crippen LogP contribution in [0.25, 0.3) is 0 Å². The highest BCUT2D eigenvalue weighted by Gasteiger charge is 2.35. The molecule has 7 heteroatoms. The van der Waals surface area contributed by atoms with E-state index < -0.39 is 11.7 Å². The fourth-order valence-corrected chi connectivity index (χ4v) is 2.84. The van der Waals surface area contributed by atoms with Crippen LogP contribution in [0, 0.1) is 6.92 Å². The average Bonchev–Trinajstić information content (AvgIpc) is 2.67. The van der Waals surface area contributed by atoms with E-state index in [1.807, 2.05) is 50.2 Å². The van der Waals surface area contributed by atoms with Crippen molar-refractivity contribution in [2.24, 2.45) is 0 Å². The number of rotatable bonds is 5. The second-order valence-corrected chi connectivity index (χ2v) is 6.45. The van der Waals surface area contributed by atoms with E-state index in [0.29, 0.717) is 5.69 Å². The smallest absolute Gasteiger partial charge is 0.340 e. The number of nitrogens with one attached hydrogen (secondary N) is 1. The summed E-state index contributed by atoms with van der Waals surface area (Å²) in [6.07, 6.45) is -2.89. The summed E-state index contributed by atoms with van der Waals surface area (Å²) in [4.78, 5) is 9.79. The topological polar surface area (TPSA) is 41.1 Å². The lowest BCUT2D eigenvalue weighted by Gasteiger charge is -2.21. The summed E-state index contributed by atoms with van der Waals surface area (Å²) in [7, 11) is 1.73. The van der Waals surface area contributed by atoms with Gasteiger partial charge in [-0.2, -0.15) is 18.2 Å². The second kappa shape index (κ2) is 7.88. The zero-order valence-corrected chi connectivity index (χ0v) is 15.9. The highest BCUT2D eigenvalue weighted by molar-refractivity contribution is 5.65. The Bertz CT molecular complexity index is 953. The molecule has 0 unspecified atom stereocenters. The SMILES string of the molecule is CCc1ccc(Nc2nc(N(C)c3ccccc3C)ncc2C(F)(F)F)cc1. The van der Waals surface area contributed by atoms with Crippen molar-refractivity contribution in [3.63, 3.8) is 0 Å². The number of hydrogen-bond donors (Lipinski definition) is 1. The molecule has 0 saturated carbocycles. The molecule has 0 bridgehead atoms. The predicted molar refractivity (Wildman–Crippen MR) is 105 cm³/mol. The van der Waals surface area contributed by atoms with E-state index in [2.05, 4.69) is 15.3 Å². The number of anilines is 4. The van der Waals surface area contributed by atoms with Crippen LogP contribution in [-0.2, 0) is 12.6 Å². The molecule has 0 saturated heterocycles. The maximum atomic E-state index is 13.5. The van der Waals surface area contributed by atoms with Crippen molar-refractivity contribution in [1.29, 1.82) is 0 Å². The maximum Gasteiger partial charge on any atom is 0.421 e. The molecule has 4 nitrogen and oxygen atoms in total. The second-order valence-electron chi connectivity index (χ2n) is 6.45. The van der Waals surface area contributed by atoms with E-state index in [0.717, 1.165) is 29.4 Å². The number of hydrogen-bond acceptors (Lipinski definition) is 4. The largest absolute Gasteiger partial charge is 0.421 e. The molecular weight excluding hydrogens is 365 g/mol. The van der Waals surface area contributed by atoms with Crippen molar-refractivity contribution >= 4 is 23.1 Å². The van der Waals surface area contributed by atoms with Crippen LogP contribution in [0.1, 0.15) is 23.6 Å². The maximum absolute atomic E-state index is 13.5. The third kappa shape index (κ3) is 4.24. The molecule has 0 aliphatic rings. The molecule has 0 aliphatic carbocycles. The zero-order valence-electron chi connectivity index (χ0n) is 15.9. The molecule has 0 atom stereocenters. The molecule has 0 amide bonds. The third-order valence-electron chi connectivity index (χ3n) is 4.48. The summed E-state index contributed by atoms with van der Waals surface area (Å²) in [6, 6.07) is 14.8. The van der Waals surface area contributed by atoms with Gasteiger partial charge in [0, 0.05) is 24.6 Å². The first-order valence-electron chi connectivity index (χ1n) is 8.89. The predicted octanol–water partition coefficient (Wildman–Crippen LogP) is 5.88. The molecule has 28 heavy (non-hydrogen) atoms. The number of halogens is 3. The molecule has 0 fully saturated rings. The molecule has 0 aliphatic heterocycles. The van der Waals surface area contributed by atoms with Crippen molar-refractivity contribution in [1.82, 2.24) is 9.97 Å². The molecule has 2 aromatic carbocycles. The van der Waals surface area contributed by atoms with E-state index in [-0.39, 0.29) is 11.8 Å². The summed E-state index contributed by atoms with van der Waals surface area (Å²) in [5.74, 6) is -0.0999. The lowest BCUT2D eigenvalue weighted by molar-refractivity contribution is -0.137. The van der Waals surface area contributed by atoms with Gasteiger partial charge in [-0.3, -0.25) is 0 Å². The minimum atomic E-state index is -4.56. The Morgan fingerprint density at radius 1 is 1.04 bits per heavy atom. The van der Waals surface area contributed by atoms with Gasteiger partial charge in [0.05, 0.1) is 0 Å². The molecule has 0 spiro atoms. The summed E-state index contributed by atoms with van der Waals surface area (Å²) in [6.45, 7) is 3.94. The minimum absolute atomic E-state index is 0.176. The summed E-state index contributed by atoms with van der Waals surface area (Å²) in [5.41, 5.74) is 2.52. The number of benzene rings is 2. The van der Waals surface area contributed by atoms with Gasteiger partial charge in [0.1, 0.15) is 11.4 Å². The zero-order chi connectivity index (χ0) is 20.3. The van der Waals surface area contributed by atoms with Gasteiger partial charge in [-0.15, -0.1) is 0 Å². The molecular formula is C21H21F3N4. The summed E-state index contributed by atoms with van der Waals surface area (Å²) >= 11 is 0. The van der Waals surface area contributed by atoms with Gasteiger partial charge in [-0.25, -0.2) is 4.98 Å². The Hall–Kier alpha value is -3.09. The highest BCUT2D eigenvalue weighted by Crippen LogP contribution is 2.36. The molecule has 1 heterocycles. The molecule has 146 valence electrons. The van der Waals surface area contributed by atoms with Gasteiger partial charge in [-0.1, -0.05) is 37.3 Å². The van der Waals surface area contributed by atoms with Crippen molar-refractivity contribution in [3.05, 3.63) is 71.4 Å². The number of nitrogens with zero attached hydrogens (tertiary/aromatic N) is 3. The molecule has 1 aromatic heterocycles. The standard InChI is InChI=1S/C21H21F3N4/c1-4-15-9-11-16(12-10-15)26-19-17(21(22,23)24)13-25-20(27-19)28(3)18-8-6-5-7-14(18)2/h5-13H,4H2,1-3H3,(H,25,26,27). The Labute approximate surface area is 162 Å². The first kappa shape index (κ1) is 19.7. The van der Waals surface area contributed by atoms with Gasteiger partial charge in [0.25, 0.3) is 0 Å². The fraction of sp³-hybridized carbons (Fsp3) is 0.238. The quantitative estimate of drug-likeness (QED) is 0.595. The van der Waals surface area contributed by atoms with Crippen LogP contribution in [0.15, 0.2) is 54.7 Å². The van der Waals surface area contributed by atoms with Crippen LogP contribution in [0.4, 0.5) is 36.3 Å². The van der Waals surface area contributed by atoms with Gasteiger partial charge in [0.15, 0.2) is 0 Å². The first-order valence-corrected chi connectivity index (χ1v) is 8.89. The van der Waals surface area contributed by atoms with Gasteiger partial charge < -0.3 is 10.2 Å². The normalized spacial score (nSPS) is 11.4. The number of para-hydroxylation sites is 1. The molecule has 1 N–H and O–H groups in total. The molecule has 3 rings (SSSR count). The first-order chi connectivity index (χ1) is 13.3. The monoisotopic (exact) mass is 386 g/mol. The van der Waals surface area contributed by atoms with Crippen LogP contribution in [0.5, 0.6) is 0 Å². The third-order valence-corrected chi connectivity index (χ3v) is 4.48. The van der Waals surface area contributed by atoms with E-state index in [4.69, 9.17) is 0 Å². The number of aromatic nitrogens is 2. The van der Waals surface area contributed by atoms with Crippen LogP contribution in [-0.4, -0.2) is 17.0 Å². The Morgan fingerprint density at radius 3 is 2.32 bits per heavy atom. The van der Waals surface area contributed by atoms with Gasteiger partial charge >= 0.3 is 6.18 Å². The van der Waals surface area contributed by atoms with Crippen molar-refractivity contribution in [3.8, 4) is 0 Å². The lowest BCUT2D eigenvalue weighted by Crippen LogP contribution is -2.18. The van der Waals surface area contributed by atoms with Gasteiger partial charge in [0.2, 0.25) is 5.95 Å². The van der Waals surface area contributed by atoms with Crippen LogP contribution in [0.2, 0.25) is 0 Å². The Morgan fingerprint density at radius 2 is 1.71 bits per heavy atom. The van der Waals surface area contributed by atoms with E-state index in [1.165, 1.54) is 0 Å². The Kier molecular flexibility index (Phi) is 5.53. The van der Waals surface area contributed by atoms with E-state index in [9.17, 15) is 13.2 Å². The Balaban J connectivity index is 2.00. The van der Waals surface area contributed by atoms with E-state index in [1.54, 1.807) is 24.1 Å². The minimum Gasteiger partial charge on any atom is -0.340 e. The van der Waals surface area contributed by atoms with Crippen LogP contribution in [0.3, 0.4) is 0 Å². The summed E-state index contributed by atoms with van der Waals surface area (Å²) < 4.78 is 40.4. The number of alkyl halides is 3. The lowest BCUT2D eigenvalue weighted by atomic mass is 10.1. The van der Waals surface area contributed by atoms with Crippen LogP contribution >= 0.6 is 0 Å². The summed E-state index contributed by atoms with van der Waals surface area (Å²) in [5, 5.41) is 2.79. The molecule has 0 radical (unpaired) electrons. The van der Waals surface area contributed by atoms with Crippen molar-refractivity contribution < 1.29 is 13.2 Å². The van der Waals surface area contributed by atoms with Crippen molar-refractivity contribution in [2.45, 2.75) is 26.4 Å². The van der Waals surface area contributed by atoms with Crippen LogP contribution < -0.4 is 10.2 Å². The number of aryl methyl sites for hydroxylation is 2. The molecule has 3 aromatic rings. The van der Waals surface area contributed by atoms with Crippen molar-refractivity contribution in [2.75, 3.05) is 17.3 Å². The fourth-order valence-electron chi connectivity index (χ4n) is 2.84. The van der Waals surface area contributed by atoms with E-state index >= 15 is 0 Å². The average molecular weight is 386 g/mol.